The highest BCUT2D eigenvalue weighted by molar-refractivity contribution is 8.00. The smallest absolute Gasteiger partial charge is 0.0353 e. The number of hydrogen-bond donors (Lipinski definition) is 0. The highest BCUT2D eigenvalue weighted by Crippen LogP contribution is 2.45. The Labute approximate surface area is 185 Å². The molecular weight excluding hydrogens is 394 g/mol. The van der Waals surface area contributed by atoms with Crippen LogP contribution in [-0.2, 0) is 0 Å². The quantitative estimate of drug-likeness (QED) is 0.270. The molecule has 1 nitrogen and oxygen atoms in total. The maximum absolute atomic E-state index is 4.49. The molecule has 0 saturated heterocycles. The highest BCUT2D eigenvalue weighted by atomic mass is 32.2. The van der Waals surface area contributed by atoms with Gasteiger partial charge in [0.2, 0.25) is 0 Å². The molecule has 0 unspecified atom stereocenters. The van der Waals surface area contributed by atoms with Gasteiger partial charge in [0.15, 0.2) is 0 Å². The second-order valence-corrected chi connectivity index (χ2v) is 8.67. The zero-order valence-electron chi connectivity index (χ0n) is 16.8. The van der Waals surface area contributed by atoms with E-state index in [0.29, 0.717) is 0 Å². The van der Waals surface area contributed by atoms with Crippen LogP contribution in [0.3, 0.4) is 0 Å². The molecule has 146 valence electrons. The van der Waals surface area contributed by atoms with E-state index in [2.05, 4.69) is 108 Å². The van der Waals surface area contributed by atoms with Gasteiger partial charge in [-0.15, -0.1) is 0 Å². The third-order valence-corrected chi connectivity index (χ3v) is 7.02. The molecule has 0 radical (unpaired) electrons. The number of nitrogens with zero attached hydrogens (tertiary/aromatic N) is 1. The molecule has 0 bridgehead atoms. The van der Waals surface area contributed by atoms with Crippen LogP contribution >= 0.6 is 11.8 Å². The van der Waals surface area contributed by atoms with Crippen molar-refractivity contribution in [1.82, 2.24) is 4.98 Å². The first kappa shape index (κ1) is 18.2. The summed E-state index contributed by atoms with van der Waals surface area (Å²) >= 11 is 1.85. The normalized spacial score (nSPS) is 11.4. The van der Waals surface area contributed by atoms with Crippen molar-refractivity contribution in [2.45, 2.75) is 9.79 Å². The molecule has 5 aromatic carbocycles. The van der Waals surface area contributed by atoms with E-state index in [1.54, 1.807) is 0 Å². The average Bonchev–Trinajstić information content (AvgIpc) is 2.85. The van der Waals surface area contributed by atoms with Crippen LogP contribution in [0.25, 0.3) is 43.4 Å². The number of hydrogen-bond acceptors (Lipinski definition) is 2. The van der Waals surface area contributed by atoms with Crippen LogP contribution in [0.15, 0.2) is 125 Å². The summed E-state index contributed by atoms with van der Waals surface area (Å²) in [4.78, 5) is 7.05. The predicted octanol–water partition coefficient (Wildman–Crippen LogP) is 8.36. The number of pyridine rings is 1. The zero-order chi connectivity index (χ0) is 20.6. The van der Waals surface area contributed by atoms with E-state index >= 15 is 0 Å². The minimum atomic E-state index is 1.19. The number of aromatic nitrogens is 1. The monoisotopic (exact) mass is 413 g/mol. The van der Waals surface area contributed by atoms with E-state index < -0.39 is 0 Å². The summed E-state index contributed by atoms with van der Waals surface area (Å²) in [6.45, 7) is 0. The van der Waals surface area contributed by atoms with E-state index in [1.807, 2.05) is 24.2 Å². The van der Waals surface area contributed by atoms with Crippen molar-refractivity contribution in [2.24, 2.45) is 0 Å². The summed E-state index contributed by atoms with van der Waals surface area (Å²) < 4.78 is 0. The molecule has 0 fully saturated rings. The van der Waals surface area contributed by atoms with E-state index in [-0.39, 0.29) is 0 Å². The van der Waals surface area contributed by atoms with Crippen molar-refractivity contribution in [2.75, 3.05) is 0 Å². The van der Waals surface area contributed by atoms with Crippen LogP contribution in [0.1, 0.15) is 0 Å². The average molecular weight is 414 g/mol. The predicted molar refractivity (Wildman–Crippen MR) is 133 cm³/mol. The van der Waals surface area contributed by atoms with Gasteiger partial charge in [0.1, 0.15) is 0 Å². The van der Waals surface area contributed by atoms with Crippen molar-refractivity contribution < 1.29 is 0 Å². The fourth-order valence-corrected chi connectivity index (χ4v) is 5.64. The standard InChI is InChI=1S/C29H19NS/c1-2-10-21(11-3-1)28-23-14-6-7-15-24(23)29(25-17-18-30-19-26(25)28)31-27-16-8-12-20-9-4-5-13-22(20)27/h1-19H. The molecule has 0 aliphatic rings. The van der Waals surface area contributed by atoms with Crippen LogP contribution in [0, 0.1) is 0 Å². The van der Waals surface area contributed by atoms with E-state index in [0.717, 1.165) is 0 Å². The van der Waals surface area contributed by atoms with Gasteiger partial charge in [-0.3, -0.25) is 4.98 Å². The Morgan fingerprint density at radius 3 is 2.06 bits per heavy atom. The molecule has 0 aliphatic heterocycles. The lowest BCUT2D eigenvalue weighted by Gasteiger charge is -2.17. The summed E-state index contributed by atoms with van der Waals surface area (Å²) in [5.41, 5.74) is 2.47. The molecule has 6 aromatic rings. The van der Waals surface area contributed by atoms with E-state index in [9.17, 15) is 0 Å². The molecule has 0 amide bonds. The van der Waals surface area contributed by atoms with Gasteiger partial charge in [0, 0.05) is 27.6 Å². The second kappa shape index (κ2) is 7.57. The second-order valence-electron chi connectivity index (χ2n) is 7.62. The number of rotatable bonds is 3. The van der Waals surface area contributed by atoms with Gasteiger partial charge in [0.05, 0.1) is 0 Å². The lowest BCUT2D eigenvalue weighted by molar-refractivity contribution is 1.36. The molecule has 0 N–H and O–H groups in total. The van der Waals surface area contributed by atoms with Crippen LogP contribution in [0.2, 0.25) is 0 Å². The number of fused-ring (bicyclic) bond motifs is 3. The number of benzene rings is 5. The Bertz CT molecular complexity index is 1490. The topological polar surface area (TPSA) is 12.9 Å². The molecule has 31 heavy (non-hydrogen) atoms. The Morgan fingerprint density at radius 2 is 1.19 bits per heavy atom. The summed E-state index contributed by atoms with van der Waals surface area (Å²) in [6, 6.07) is 36.7. The molecule has 0 atom stereocenters. The summed E-state index contributed by atoms with van der Waals surface area (Å²) in [5.74, 6) is 0. The van der Waals surface area contributed by atoms with Crippen LogP contribution < -0.4 is 0 Å². The van der Waals surface area contributed by atoms with Gasteiger partial charge in [-0.05, 0) is 50.2 Å². The molecule has 1 heterocycles. The Balaban J connectivity index is 1.69. The first-order valence-corrected chi connectivity index (χ1v) is 11.2. The molecule has 0 aliphatic carbocycles. The van der Waals surface area contributed by atoms with Gasteiger partial charge in [-0.2, -0.15) is 0 Å². The maximum atomic E-state index is 4.49. The van der Waals surface area contributed by atoms with Crippen molar-refractivity contribution in [1.29, 1.82) is 0 Å². The first-order valence-electron chi connectivity index (χ1n) is 10.4. The minimum Gasteiger partial charge on any atom is -0.264 e. The Morgan fingerprint density at radius 1 is 0.516 bits per heavy atom. The summed E-state index contributed by atoms with van der Waals surface area (Å²) in [5, 5.41) is 7.52. The SMILES string of the molecule is c1ccc(-c2c3ccccc3c(Sc3cccc4ccccc34)c3ccncc23)cc1. The highest BCUT2D eigenvalue weighted by Gasteiger charge is 2.16. The maximum Gasteiger partial charge on any atom is 0.0353 e. The lowest BCUT2D eigenvalue weighted by atomic mass is 9.93. The first-order chi connectivity index (χ1) is 15.4. The van der Waals surface area contributed by atoms with Gasteiger partial charge >= 0.3 is 0 Å². The third-order valence-electron chi connectivity index (χ3n) is 5.80. The summed E-state index contributed by atoms with van der Waals surface area (Å²) in [6.07, 6.45) is 3.91. The van der Waals surface area contributed by atoms with Crippen LogP contribution in [-0.4, -0.2) is 4.98 Å². The van der Waals surface area contributed by atoms with Crippen LogP contribution in [0.5, 0.6) is 0 Å². The van der Waals surface area contributed by atoms with Crippen molar-refractivity contribution in [3.63, 3.8) is 0 Å². The van der Waals surface area contributed by atoms with Gasteiger partial charge in [-0.25, -0.2) is 0 Å². The van der Waals surface area contributed by atoms with Gasteiger partial charge in [0.25, 0.3) is 0 Å². The van der Waals surface area contributed by atoms with Gasteiger partial charge in [-0.1, -0.05) is 103 Å². The van der Waals surface area contributed by atoms with Crippen molar-refractivity contribution in [3.05, 3.63) is 116 Å². The van der Waals surface area contributed by atoms with E-state index in [1.165, 1.54) is 53.2 Å². The van der Waals surface area contributed by atoms with E-state index in [4.69, 9.17) is 0 Å². The minimum absolute atomic E-state index is 1.19. The molecular formula is C29H19NS. The molecule has 0 spiro atoms. The van der Waals surface area contributed by atoms with Gasteiger partial charge < -0.3 is 0 Å². The van der Waals surface area contributed by atoms with Crippen molar-refractivity contribution in [3.8, 4) is 11.1 Å². The molecule has 0 saturated carbocycles. The Kier molecular flexibility index (Phi) is 4.44. The zero-order valence-corrected chi connectivity index (χ0v) is 17.6. The Hall–Kier alpha value is -3.62. The summed E-state index contributed by atoms with van der Waals surface area (Å²) in [7, 11) is 0. The molecule has 2 heteroatoms. The van der Waals surface area contributed by atoms with Crippen LogP contribution in [0.4, 0.5) is 0 Å². The third kappa shape index (κ3) is 3.08. The lowest BCUT2D eigenvalue weighted by Crippen LogP contribution is -1.90. The molecule has 6 rings (SSSR count). The molecule has 1 aromatic heterocycles. The fraction of sp³-hybridized carbons (Fsp3) is 0. The fourth-order valence-electron chi connectivity index (χ4n) is 4.40. The van der Waals surface area contributed by atoms with Crippen molar-refractivity contribution >= 4 is 44.1 Å². The largest absolute Gasteiger partial charge is 0.264 e.